The molecular weight excluding hydrogens is 300 g/mol. The molecule has 0 fully saturated rings. The second kappa shape index (κ2) is 6.92. The Morgan fingerprint density at radius 1 is 1.41 bits per heavy atom. The van der Waals surface area contributed by atoms with Crippen molar-refractivity contribution < 1.29 is 4.79 Å². The summed E-state index contributed by atoms with van der Waals surface area (Å²) in [6, 6.07) is 5.46. The van der Waals surface area contributed by atoms with Gasteiger partial charge in [0.15, 0.2) is 0 Å². The number of aromatic nitrogens is 3. The van der Waals surface area contributed by atoms with Crippen molar-refractivity contribution in [3.8, 4) is 0 Å². The fourth-order valence-electron chi connectivity index (χ4n) is 2.29. The Hall–Kier alpha value is -1.88. The van der Waals surface area contributed by atoms with Crippen molar-refractivity contribution in [1.82, 2.24) is 19.7 Å². The molecular formula is C16H21ClN4O. The Morgan fingerprint density at radius 2 is 2.14 bits per heavy atom. The van der Waals surface area contributed by atoms with Crippen LogP contribution in [0.4, 0.5) is 0 Å². The van der Waals surface area contributed by atoms with Gasteiger partial charge < -0.3 is 4.90 Å². The zero-order valence-corrected chi connectivity index (χ0v) is 14.1. The molecule has 1 amide bonds. The molecule has 0 aliphatic heterocycles. The summed E-state index contributed by atoms with van der Waals surface area (Å²) >= 11 is 5.77. The lowest BCUT2D eigenvalue weighted by atomic mass is 10.1. The number of carbonyl (C=O) groups excluding carboxylic acids is 1. The van der Waals surface area contributed by atoms with E-state index in [9.17, 15) is 4.79 Å². The molecule has 0 saturated carbocycles. The third-order valence-corrected chi connectivity index (χ3v) is 3.55. The summed E-state index contributed by atoms with van der Waals surface area (Å²) in [5.41, 5.74) is 2.48. The quantitative estimate of drug-likeness (QED) is 0.796. The van der Waals surface area contributed by atoms with Crippen molar-refractivity contribution in [3.05, 3.63) is 46.5 Å². The summed E-state index contributed by atoms with van der Waals surface area (Å²) in [7, 11) is 3.57. The van der Waals surface area contributed by atoms with E-state index < -0.39 is 0 Å². The van der Waals surface area contributed by atoms with E-state index in [2.05, 4.69) is 23.9 Å². The van der Waals surface area contributed by atoms with Crippen LogP contribution in [0, 0.1) is 5.92 Å². The van der Waals surface area contributed by atoms with Crippen molar-refractivity contribution in [2.24, 2.45) is 13.0 Å². The minimum absolute atomic E-state index is 0.0556. The van der Waals surface area contributed by atoms with Crippen molar-refractivity contribution >= 4 is 17.5 Å². The van der Waals surface area contributed by atoms with E-state index in [-0.39, 0.29) is 5.91 Å². The normalized spacial score (nSPS) is 11.0. The molecule has 0 aliphatic rings. The molecule has 0 atom stereocenters. The van der Waals surface area contributed by atoms with Gasteiger partial charge in [-0.2, -0.15) is 5.10 Å². The Balaban J connectivity index is 2.10. The molecule has 0 unspecified atom stereocenters. The highest BCUT2D eigenvalue weighted by atomic mass is 35.5. The van der Waals surface area contributed by atoms with Crippen LogP contribution in [-0.4, -0.2) is 32.6 Å². The molecule has 2 aromatic rings. The average Bonchev–Trinajstić information content (AvgIpc) is 2.80. The number of carbonyl (C=O) groups is 1. The van der Waals surface area contributed by atoms with Crippen LogP contribution >= 0.6 is 11.6 Å². The van der Waals surface area contributed by atoms with Crippen LogP contribution in [-0.2, 0) is 20.0 Å². The topological polar surface area (TPSA) is 51.0 Å². The van der Waals surface area contributed by atoms with Crippen molar-refractivity contribution in [2.45, 2.75) is 26.8 Å². The summed E-state index contributed by atoms with van der Waals surface area (Å²) in [4.78, 5) is 18.2. The predicted molar refractivity (Wildman–Crippen MR) is 86.8 cm³/mol. The maximum Gasteiger partial charge on any atom is 0.272 e. The molecule has 22 heavy (non-hydrogen) atoms. The van der Waals surface area contributed by atoms with Gasteiger partial charge in [0, 0.05) is 26.8 Å². The van der Waals surface area contributed by atoms with Crippen LogP contribution < -0.4 is 0 Å². The number of hydrogen-bond donors (Lipinski definition) is 0. The van der Waals surface area contributed by atoms with Crippen molar-refractivity contribution in [1.29, 1.82) is 0 Å². The minimum atomic E-state index is -0.0556. The van der Waals surface area contributed by atoms with E-state index in [1.54, 1.807) is 35.9 Å². The number of pyridine rings is 1. The number of amides is 1. The summed E-state index contributed by atoms with van der Waals surface area (Å²) in [6.07, 6.45) is 2.55. The fraction of sp³-hybridized carbons (Fsp3) is 0.438. The van der Waals surface area contributed by atoms with Crippen LogP contribution in [0.3, 0.4) is 0 Å². The zero-order valence-electron chi connectivity index (χ0n) is 13.4. The van der Waals surface area contributed by atoms with Gasteiger partial charge in [-0.3, -0.25) is 9.48 Å². The first-order valence-corrected chi connectivity index (χ1v) is 7.63. The first kappa shape index (κ1) is 16.5. The van der Waals surface area contributed by atoms with E-state index in [0.717, 1.165) is 17.7 Å². The summed E-state index contributed by atoms with van der Waals surface area (Å²) in [5.74, 6) is 0.454. The van der Waals surface area contributed by atoms with Gasteiger partial charge in [0.1, 0.15) is 10.8 Å². The highest BCUT2D eigenvalue weighted by molar-refractivity contribution is 6.29. The third-order valence-electron chi connectivity index (χ3n) is 3.32. The zero-order chi connectivity index (χ0) is 16.3. The van der Waals surface area contributed by atoms with E-state index in [1.165, 1.54) is 0 Å². The molecule has 2 heterocycles. The monoisotopic (exact) mass is 320 g/mol. The number of aryl methyl sites for hydroxylation is 1. The second-order valence-electron chi connectivity index (χ2n) is 5.89. The summed E-state index contributed by atoms with van der Waals surface area (Å²) in [5, 5.41) is 4.86. The van der Waals surface area contributed by atoms with Gasteiger partial charge in [-0.05, 0) is 30.0 Å². The highest BCUT2D eigenvalue weighted by Crippen LogP contribution is 2.13. The van der Waals surface area contributed by atoms with Gasteiger partial charge in [0.05, 0.1) is 5.69 Å². The Labute approximate surface area is 135 Å². The molecule has 0 saturated heterocycles. The van der Waals surface area contributed by atoms with Gasteiger partial charge in [0.2, 0.25) is 0 Å². The second-order valence-corrected chi connectivity index (χ2v) is 6.28. The van der Waals surface area contributed by atoms with Gasteiger partial charge in [-0.1, -0.05) is 31.5 Å². The third kappa shape index (κ3) is 4.07. The predicted octanol–water partition coefficient (Wildman–Crippen LogP) is 2.94. The first-order valence-electron chi connectivity index (χ1n) is 7.25. The lowest BCUT2D eigenvalue weighted by molar-refractivity contribution is 0.0774. The lowest BCUT2D eigenvalue weighted by Gasteiger charge is -2.16. The van der Waals surface area contributed by atoms with Crippen LogP contribution in [0.15, 0.2) is 24.4 Å². The molecule has 2 rings (SSSR count). The van der Waals surface area contributed by atoms with Gasteiger partial charge >= 0.3 is 0 Å². The minimum Gasteiger partial charge on any atom is -0.336 e. The van der Waals surface area contributed by atoms with E-state index in [4.69, 9.17) is 11.6 Å². The summed E-state index contributed by atoms with van der Waals surface area (Å²) in [6.45, 7) is 4.75. The highest BCUT2D eigenvalue weighted by Gasteiger charge is 2.18. The molecule has 0 aliphatic carbocycles. The van der Waals surface area contributed by atoms with Gasteiger partial charge in [-0.25, -0.2) is 4.98 Å². The molecule has 6 heteroatoms. The molecule has 0 spiro atoms. The smallest absolute Gasteiger partial charge is 0.272 e. The largest absolute Gasteiger partial charge is 0.336 e. The molecule has 0 radical (unpaired) electrons. The fourth-order valence-corrected chi connectivity index (χ4v) is 2.40. The maximum atomic E-state index is 12.6. The number of nitrogens with zero attached hydrogens (tertiary/aromatic N) is 4. The van der Waals surface area contributed by atoms with Crippen LogP contribution in [0.2, 0.25) is 5.15 Å². The standard InChI is InChI=1S/C16H21ClN4O/c1-11(2)7-13-8-14(21(4)19-13)16(22)20(3)10-12-5-6-15(17)18-9-12/h5-6,8-9,11H,7,10H2,1-4H3. The van der Waals surface area contributed by atoms with Crippen LogP contribution in [0.5, 0.6) is 0 Å². The molecule has 5 nitrogen and oxygen atoms in total. The maximum absolute atomic E-state index is 12.6. The number of hydrogen-bond acceptors (Lipinski definition) is 3. The molecule has 0 aromatic carbocycles. The van der Waals surface area contributed by atoms with E-state index in [0.29, 0.717) is 23.3 Å². The van der Waals surface area contributed by atoms with Crippen LogP contribution in [0.1, 0.15) is 35.6 Å². The Morgan fingerprint density at radius 3 is 2.73 bits per heavy atom. The molecule has 2 aromatic heterocycles. The van der Waals surface area contributed by atoms with E-state index >= 15 is 0 Å². The van der Waals surface area contributed by atoms with Crippen molar-refractivity contribution in [2.75, 3.05) is 7.05 Å². The first-order chi connectivity index (χ1) is 10.4. The Bertz CT molecular complexity index is 649. The van der Waals surface area contributed by atoms with Gasteiger partial charge in [0.25, 0.3) is 5.91 Å². The van der Waals surface area contributed by atoms with Crippen molar-refractivity contribution in [3.63, 3.8) is 0 Å². The molecule has 0 N–H and O–H groups in total. The van der Waals surface area contributed by atoms with E-state index in [1.807, 2.05) is 12.1 Å². The molecule has 118 valence electrons. The Kier molecular flexibility index (Phi) is 5.19. The number of rotatable bonds is 5. The summed E-state index contributed by atoms with van der Waals surface area (Å²) < 4.78 is 1.65. The SMILES string of the molecule is CC(C)Cc1cc(C(=O)N(C)Cc2ccc(Cl)nc2)n(C)n1. The number of halogens is 1. The van der Waals surface area contributed by atoms with Crippen LogP contribution in [0.25, 0.3) is 0 Å². The lowest BCUT2D eigenvalue weighted by Crippen LogP contribution is -2.28. The average molecular weight is 321 g/mol. The molecule has 0 bridgehead atoms. The van der Waals surface area contributed by atoms with Gasteiger partial charge in [-0.15, -0.1) is 0 Å².